The van der Waals surface area contributed by atoms with Gasteiger partial charge in [0.05, 0.1) is 12.2 Å². The largest absolute Gasteiger partial charge is 0.390 e. The Morgan fingerprint density at radius 3 is 2.31 bits per heavy atom. The maximum absolute atomic E-state index is 11.3. The number of unbranched alkanes of at least 4 members (excludes halogenated alkanes) is 1. The quantitative estimate of drug-likeness (QED) is 0.437. The lowest BCUT2D eigenvalue weighted by atomic mass is 10.0. The van der Waals surface area contributed by atoms with Crippen LogP contribution in [0, 0.1) is 0 Å². The van der Waals surface area contributed by atoms with E-state index < -0.39 is 24.2 Å². The summed E-state index contributed by atoms with van der Waals surface area (Å²) in [6.07, 6.45) is -1.12. The molecule has 5 heteroatoms. The maximum atomic E-state index is 11.3. The molecule has 0 fully saturated rings. The standard InChI is InChI=1S/C11H23NO4/c1-3-5-6-12-11(16)10(15)7-9(14)8(13)4-2/h8-10,13-15H,3-7H2,1-2H3,(H,12,16)/t8-,9+,10-/m1/s1. The Hall–Kier alpha value is -0.650. The second-order valence-corrected chi connectivity index (χ2v) is 3.94. The van der Waals surface area contributed by atoms with E-state index in [1.165, 1.54) is 0 Å². The number of rotatable bonds is 8. The Kier molecular flexibility index (Phi) is 8.15. The van der Waals surface area contributed by atoms with E-state index in [2.05, 4.69) is 5.32 Å². The summed E-state index contributed by atoms with van der Waals surface area (Å²) in [4.78, 5) is 11.3. The zero-order valence-corrected chi connectivity index (χ0v) is 10.0. The molecule has 0 aliphatic heterocycles. The molecule has 4 N–H and O–H groups in total. The van der Waals surface area contributed by atoms with Crippen LogP contribution in [-0.2, 0) is 4.79 Å². The molecule has 5 nitrogen and oxygen atoms in total. The van der Waals surface area contributed by atoms with E-state index in [-0.39, 0.29) is 6.42 Å². The van der Waals surface area contributed by atoms with Crippen LogP contribution in [0.4, 0.5) is 0 Å². The van der Waals surface area contributed by atoms with Crippen molar-refractivity contribution in [3.8, 4) is 0 Å². The molecule has 0 aliphatic carbocycles. The molecule has 0 aromatic rings. The van der Waals surface area contributed by atoms with Crippen LogP contribution in [0.3, 0.4) is 0 Å². The average Bonchev–Trinajstić information content (AvgIpc) is 2.27. The van der Waals surface area contributed by atoms with Crippen molar-refractivity contribution in [2.75, 3.05) is 6.54 Å². The van der Waals surface area contributed by atoms with Gasteiger partial charge in [-0.15, -0.1) is 0 Å². The first-order valence-electron chi connectivity index (χ1n) is 5.84. The molecule has 96 valence electrons. The molecule has 0 aromatic heterocycles. The van der Waals surface area contributed by atoms with Gasteiger partial charge in [0.2, 0.25) is 5.91 Å². The van der Waals surface area contributed by atoms with Gasteiger partial charge in [0, 0.05) is 13.0 Å². The van der Waals surface area contributed by atoms with Crippen molar-refractivity contribution in [1.29, 1.82) is 0 Å². The summed E-state index contributed by atoms with van der Waals surface area (Å²) in [5, 5.41) is 30.7. The van der Waals surface area contributed by atoms with Gasteiger partial charge in [-0.1, -0.05) is 20.3 Å². The minimum Gasteiger partial charge on any atom is -0.390 e. The predicted molar refractivity (Wildman–Crippen MR) is 60.8 cm³/mol. The van der Waals surface area contributed by atoms with Crippen LogP contribution < -0.4 is 5.32 Å². The minimum atomic E-state index is -1.26. The van der Waals surface area contributed by atoms with Crippen molar-refractivity contribution in [3.63, 3.8) is 0 Å². The van der Waals surface area contributed by atoms with Gasteiger partial charge < -0.3 is 20.6 Å². The molecule has 0 saturated carbocycles. The zero-order valence-electron chi connectivity index (χ0n) is 10.0. The molecule has 0 aliphatic rings. The number of carbonyl (C=O) groups is 1. The Bertz CT molecular complexity index is 198. The van der Waals surface area contributed by atoms with Crippen molar-refractivity contribution in [2.45, 2.75) is 57.8 Å². The van der Waals surface area contributed by atoms with E-state index in [1.54, 1.807) is 6.92 Å². The number of carbonyl (C=O) groups excluding carboxylic acids is 1. The Morgan fingerprint density at radius 1 is 1.19 bits per heavy atom. The Morgan fingerprint density at radius 2 is 1.81 bits per heavy atom. The molecular formula is C11H23NO4. The first-order valence-corrected chi connectivity index (χ1v) is 5.84. The number of hydrogen-bond donors (Lipinski definition) is 4. The number of aliphatic hydroxyl groups excluding tert-OH is 3. The highest BCUT2D eigenvalue weighted by molar-refractivity contribution is 5.80. The molecule has 3 atom stereocenters. The summed E-state index contributed by atoms with van der Waals surface area (Å²) in [6, 6.07) is 0. The zero-order chi connectivity index (χ0) is 12.6. The summed E-state index contributed by atoms with van der Waals surface area (Å²) in [5.74, 6) is -0.490. The fourth-order valence-electron chi connectivity index (χ4n) is 1.27. The summed E-state index contributed by atoms with van der Waals surface area (Å²) in [5.41, 5.74) is 0. The molecule has 0 unspecified atom stereocenters. The van der Waals surface area contributed by atoms with Gasteiger partial charge in [0.1, 0.15) is 6.10 Å². The summed E-state index contributed by atoms with van der Waals surface area (Å²) in [6.45, 7) is 4.25. The van der Waals surface area contributed by atoms with E-state index in [9.17, 15) is 20.1 Å². The van der Waals surface area contributed by atoms with E-state index in [1.807, 2.05) is 6.92 Å². The molecule has 0 bridgehead atoms. The molecule has 0 spiro atoms. The lowest BCUT2D eigenvalue weighted by Crippen LogP contribution is -2.39. The fraction of sp³-hybridized carbons (Fsp3) is 0.909. The van der Waals surface area contributed by atoms with Crippen molar-refractivity contribution in [2.24, 2.45) is 0 Å². The van der Waals surface area contributed by atoms with Gasteiger partial charge in [-0.05, 0) is 12.8 Å². The Labute approximate surface area is 96.5 Å². The fourth-order valence-corrected chi connectivity index (χ4v) is 1.27. The van der Waals surface area contributed by atoms with Crippen LogP contribution in [0.2, 0.25) is 0 Å². The lowest BCUT2D eigenvalue weighted by Gasteiger charge is -2.19. The third-order valence-electron chi connectivity index (χ3n) is 2.46. The van der Waals surface area contributed by atoms with E-state index in [0.717, 1.165) is 12.8 Å². The second kappa shape index (κ2) is 8.50. The van der Waals surface area contributed by atoms with Crippen LogP contribution in [0.15, 0.2) is 0 Å². The van der Waals surface area contributed by atoms with Crippen molar-refractivity contribution in [3.05, 3.63) is 0 Å². The van der Waals surface area contributed by atoms with Gasteiger partial charge in [-0.3, -0.25) is 4.79 Å². The molecular weight excluding hydrogens is 210 g/mol. The number of amides is 1. The lowest BCUT2D eigenvalue weighted by molar-refractivity contribution is -0.132. The minimum absolute atomic E-state index is 0.132. The van der Waals surface area contributed by atoms with Crippen molar-refractivity contribution in [1.82, 2.24) is 5.32 Å². The average molecular weight is 233 g/mol. The monoisotopic (exact) mass is 233 g/mol. The van der Waals surface area contributed by atoms with Gasteiger partial charge in [0.25, 0.3) is 0 Å². The maximum Gasteiger partial charge on any atom is 0.248 e. The van der Waals surface area contributed by atoms with E-state index in [0.29, 0.717) is 13.0 Å². The predicted octanol–water partition coefficient (Wildman–Crippen LogP) is -0.215. The highest BCUT2D eigenvalue weighted by Gasteiger charge is 2.22. The van der Waals surface area contributed by atoms with Crippen molar-refractivity contribution >= 4 is 5.91 Å². The molecule has 0 radical (unpaired) electrons. The SMILES string of the molecule is CCCCNC(=O)[C@H](O)C[C@H](O)[C@H](O)CC. The normalized spacial score (nSPS) is 16.6. The van der Waals surface area contributed by atoms with E-state index >= 15 is 0 Å². The molecule has 16 heavy (non-hydrogen) atoms. The third-order valence-corrected chi connectivity index (χ3v) is 2.46. The molecule has 0 heterocycles. The molecule has 0 rings (SSSR count). The highest BCUT2D eigenvalue weighted by atomic mass is 16.3. The van der Waals surface area contributed by atoms with Crippen LogP contribution in [0.25, 0.3) is 0 Å². The van der Waals surface area contributed by atoms with Gasteiger partial charge >= 0.3 is 0 Å². The third kappa shape index (κ3) is 6.05. The summed E-state index contributed by atoms with van der Waals surface area (Å²) in [7, 11) is 0. The first-order chi connectivity index (χ1) is 7.52. The van der Waals surface area contributed by atoms with Gasteiger partial charge in [-0.2, -0.15) is 0 Å². The van der Waals surface area contributed by atoms with Crippen LogP contribution >= 0.6 is 0 Å². The molecule has 0 saturated heterocycles. The highest BCUT2D eigenvalue weighted by Crippen LogP contribution is 2.06. The number of aliphatic hydroxyl groups is 3. The Balaban J connectivity index is 3.86. The number of nitrogens with one attached hydrogen (secondary N) is 1. The molecule has 0 aromatic carbocycles. The summed E-state index contributed by atoms with van der Waals surface area (Å²) >= 11 is 0. The van der Waals surface area contributed by atoms with Crippen LogP contribution in [0.1, 0.15) is 39.5 Å². The first kappa shape index (κ1) is 15.3. The summed E-state index contributed by atoms with van der Waals surface area (Å²) < 4.78 is 0. The van der Waals surface area contributed by atoms with Gasteiger partial charge in [-0.25, -0.2) is 0 Å². The van der Waals surface area contributed by atoms with E-state index in [4.69, 9.17) is 0 Å². The van der Waals surface area contributed by atoms with Crippen molar-refractivity contribution < 1.29 is 20.1 Å². The number of hydrogen-bond acceptors (Lipinski definition) is 4. The van der Waals surface area contributed by atoms with Gasteiger partial charge in [0.15, 0.2) is 0 Å². The topological polar surface area (TPSA) is 89.8 Å². The second-order valence-electron chi connectivity index (χ2n) is 3.94. The van der Waals surface area contributed by atoms with Crippen LogP contribution in [0.5, 0.6) is 0 Å². The molecule has 1 amide bonds. The smallest absolute Gasteiger partial charge is 0.248 e. The van der Waals surface area contributed by atoms with Crippen LogP contribution in [-0.4, -0.2) is 46.1 Å².